The van der Waals surface area contributed by atoms with E-state index in [2.05, 4.69) is 26.1 Å². The molecule has 96 valence electrons. The molecule has 0 spiro atoms. The van der Waals surface area contributed by atoms with Crippen LogP contribution >= 0.6 is 0 Å². The molecule has 16 heavy (non-hydrogen) atoms. The third-order valence-electron chi connectivity index (χ3n) is 3.44. The van der Waals surface area contributed by atoms with Gasteiger partial charge in [-0.15, -0.1) is 0 Å². The van der Waals surface area contributed by atoms with Gasteiger partial charge in [-0.3, -0.25) is 0 Å². The van der Waals surface area contributed by atoms with Crippen molar-refractivity contribution in [3.8, 4) is 0 Å². The summed E-state index contributed by atoms with van der Waals surface area (Å²) in [6.45, 7) is 9.42. The lowest BCUT2D eigenvalue weighted by Crippen LogP contribution is -2.32. The Hall–Kier alpha value is -0.120. The molecule has 1 aliphatic rings. The molecule has 0 aromatic carbocycles. The number of hydrogen-bond donors (Lipinski definition) is 2. The van der Waals surface area contributed by atoms with Gasteiger partial charge in [-0.05, 0) is 37.1 Å². The zero-order valence-corrected chi connectivity index (χ0v) is 11.0. The quantitative estimate of drug-likeness (QED) is 0.654. The predicted molar refractivity (Wildman–Crippen MR) is 66.5 cm³/mol. The Balaban J connectivity index is 2.05. The second-order valence-electron chi connectivity index (χ2n) is 5.80. The van der Waals surface area contributed by atoms with Gasteiger partial charge in [-0.1, -0.05) is 20.8 Å². The van der Waals surface area contributed by atoms with Gasteiger partial charge < -0.3 is 15.2 Å². The lowest BCUT2D eigenvalue weighted by atomic mass is 9.91. The first-order valence-corrected chi connectivity index (χ1v) is 6.47. The molecule has 2 N–H and O–H groups in total. The molecule has 2 atom stereocenters. The summed E-state index contributed by atoms with van der Waals surface area (Å²) in [7, 11) is 0. The molecule has 0 bridgehead atoms. The van der Waals surface area contributed by atoms with E-state index in [4.69, 9.17) is 9.84 Å². The van der Waals surface area contributed by atoms with Crippen LogP contribution in [0.15, 0.2) is 0 Å². The van der Waals surface area contributed by atoms with Gasteiger partial charge in [0.15, 0.2) is 0 Å². The fraction of sp³-hybridized carbons (Fsp3) is 1.00. The molecule has 0 saturated heterocycles. The molecule has 0 aliphatic heterocycles. The van der Waals surface area contributed by atoms with Crippen LogP contribution in [0.3, 0.4) is 0 Å². The number of aliphatic hydroxyl groups excluding tert-OH is 1. The molecular formula is C13H27NO2. The largest absolute Gasteiger partial charge is 0.394 e. The maximum Gasteiger partial charge on any atom is 0.0697 e. The molecule has 0 radical (unpaired) electrons. The van der Waals surface area contributed by atoms with Crippen LogP contribution in [0.4, 0.5) is 0 Å². The van der Waals surface area contributed by atoms with Crippen molar-refractivity contribution in [3.63, 3.8) is 0 Å². The fourth-order valence-electron chi connectivity index (χ4n) is 2.80. The van der Waals surface area contributed by atoms with Crippen LogP contribution in [0.1, 0.15) is 40.0 Å². The molecule has 0 unspecified atom stereocenters. The Morgan fingerprint density at radius 1 is 1.31 bits per heavy atom. The van der Waals surface area contributed by atoms with Crippen molar-refractivity contribution in [3.05, 3.63) is 0 Å². The third kappa shape index (κ3) is 4.81. The highest BCUT2D eigenvalue weighted by molar-refractivity contribution is 4.90. The molecule has 0 amide bonds. The van der Waals surface area contributed by atoms with E-state index in [1.54, 1.807) is 0 Å². The van der Waals surface area contributed by atoms with E-state index >= 15 is 0 Å². The van der Waals surface area contributed by atoms with Crippen LogP contribution in [-0.2, 0) is 4.74 Å². The zero-order valence-electron chi connectivity index (χ0n) is 11.0. The first-order chi connectivity index (χ1) is 7.55. The minimum atomic E-state index is 0.126. The predicted octanol–water partition coefficient (Wildman–Crippen LogP) is 1.80. The molecular weight excluding hydrogens is 202 g/mol. The summed E-state index contributed by atoms with van der Waals surface area (Å²) in [5.74, 6) is 0.786. The van der Waals surface area contributed by atoms with E-state index < -0.39 is 0 Å². The van der Waals surface area contributed by atoms with Gasteiger partial charge in [-0.25, -0.2) is 0 Å². The third-order valence-corrected chi connectivity index (χ3v) is 3.44. The molecule has 1 saturated carbocycles. The molecule has 0 aromatic rings. The van der Waals surface area contributed by atoms with Gasteiger partial charge in [0.1, 0.15) is 0 Å². The van der Waals surface area contributed by atoms with Crippen LogP contribution in [0.2, 0.25) is 0 Å². The molecule has 0 aromatic heterocycles. The summed E-state index contributed by atoms with van der Waals surface area (Å²) >= 11 is 0. The Kier molecular flexibility index (Phi) is 5.73. The van der Waals surface area contributed by atoms with Crippen LogP contribution in [0.5, 0.6) is 0 Å². The first kappa shape index (κ1) is 13.9. The average molecular weight is 229 g/mol. The highest BCUT2D eigenvalue weighted by Crippen LogP contribution is 2.40. The molecule has 1 fully saturated rings. The molecule has 1 rings (SSSR count). The molecule has 1 aliphatic carbocycles. The molecule has 0 heterocycles. The topological polar surface area (TPSA) is 41.5 Å². The highest BCUT2D eigenvalue weighted by atomic mass is 16.5. The van der Waals surface area contributed by atoms with Gasteiger partial charge >= 0.3 is 0 Å². The zero-order chi connectivity index (χ0) is 12.0. The highest BCUT2D eigenvalue weighted by Gasteiger charge is 2.35. The van der Waals surface area contributed by atoms with Crippen LogP contribution in [0, 0.1) is 11.3 Å². The Labute approximate surface area is 99.6 Å². The standard InChI is InChI=1S/C13H27NO2/c1-11-9-13(2,3)10-12(11)14-5-4-7-16-8-6-15/h11-12,14-15H,4-10H2,1-3H3/t11-,12+/m0/s1. The number of ether oxygens (including phenoxy) is 1. The Morgan fingerprint density at radius 2 is 2.06 bits per heavy atom. The van der Waals surface area contributed by atoms with Gasteiger partial charge in [0.2, 0.25) is 0 Å². The van der Waals surface area contributed by atoms with Crippen molar-refractivity contribution in [1.82, 2.24) is 5.32 Å². The molecule has 3 nitrogen and oxygen atoms in total. The van der Waals surface area contributed by atoms with Gasteiger partial charge in [0.25, 0.3) is 0 Å². The first-order valence-electron chi connectivity index (χ1n) is 6.47. The fourth-order valence-corrected chi connectivity index (χ4v) is 2.80. The van der Waals surface area contributed by atoms with E-state index in [-0.39, 0.29) is 6.61 Å². The van der Waals surface area contributed by atoms with Crippen molar-refractivity contribution in [2.75, 3.05) is 26.4 Å². The summed E-state index contributed by atoms with van der Waals surface area (Å²) in [5.41, 5.74) is 0.504. The second-order valence-corrected chi connectivity index (χ2v) is 5.80. The summed E-state index contributed by atoms with van der Waals surface area (Å²) in [6.07, 6.45) is 3.64. The van der Waals surface area contributed by atoms with Crippen LogP contribution < -0.4 is 5.32 Å². The smallest absolute Gasteiger partial charge is 0.0697 e. The number of aliphatic hydroxyl groups is 1. The number of hydrogen-bond acceptors (Lipinski definition) is 3. The van der Waals surface area contributed by atoms with Crippen LogP contribution in [0.25, 0.3) is 0 Å². The summed E-state index contributed by atoms with van der Waals surface area (Å²) in [5, 5.41) is 12.2. The van der Waals surface area contributed by atoms with E-state index in [1.807, 2.05) is 0 Å². The van der Waals surface area contributed by atoms with Gasteiger partial charge in [0, 0.05) is 12.6 Å². The summed E-state index contributed by atoms with van der Waals surface area (Å²) < 4.78 is 5.23. The van der Waals surface area contributed by atoms with Crippen molar-refractivity contribution < 1.29 is 9.84 Å². The van der Waals surface area contributed by atoms with E-state index in [9.17, 15) is 0 Å². The average Bonchev–Trinajstić information content (AvgIpc) is 2.45. The minimum Gasteiger partial charge on any atom is -0.394 e. The van der Waals surface area contributed by atoms with E-state index in [0.29, 0.717) is 18.1 Å². The summed E-state index contributed by atoms with van der Waals surface area (Å²) in [6, 6.07) is 0.674. The SMILES string of the molecule is C[C@H]1CC(C)(C)C[C@H]1NCCCOCCO. The molecule has 3 heteroatoms. The van der Waals surface area contributed by atoms with Gasteiger partial charge in [-0.2, -0.15) is 0 Å². The van der Waals surface area contributed by atoms with Crippen molar-refractivity contribution in [2.45, 2.75) is 46.1 Å². The minimum absolute atomic E-state index is 0.126. The normalized spacial score (nSPS) is 28.5. The lowest BCUT2D eigenvalue weighted by Gasteiger charge is -2.18. The van der Waals surface area contributed by atoms with Crippen LogP contribution in [-0.4, -0.2) is 37.5 Å². The van der Waals surface area contributed by atoms with Gasteiger partial charge in [0.05, 0.1) is 13.2 Å². The lowest BCUT2D eigenvalue weighted by molar-refractivity contribution is 0.0902. The number of rotatable bonds is 7. The van der Waals surface area contributed by atoms with Crippen molar-refractivity contribution >= 4 is 0 Å². The maximum absolute atomic E-state index is 8.55. The maximum atomic E-state index is 8.55. The summed E-state index contributed by atoms with van der Waals surface area (Å²) in [4.78, 5) is 0. The van der Waals surface area contributed by atoms with E-state index in [0.717, 1.165) is 25.5 Å². The van der Waals surface area contributed by atoms with Crippen molar-refractivity contribution in [1.29, 1.82) is 0 Å². The van der Waals surface area contributed by atoms with Crippen molar-refractivity contribution in [2.24, 2.45) is 11.3 Å². The number of nitrogens with one attached hydrogen (secondary N) is 1. The Bertz CT molecular complexity index is 194. The van der Waals surface area contributed by atoms with E-state index in [1.165, 1.54) is 12.8 Å². The monoisotopic (exact) mass is 229 g/mol. The second kappa shape index (κ2) is 6.58. The Morgan fingerprint density at radius 3 is 2.62 bits per heavy atom.